The van der Waals surface area contributed by atoms with Crippen molar-refractivity contribution in [3.05, 3.63) is 69.9 Å². The summed E-state index contributed by atoms with van der Waals surface area (Å²) in [5, 5.41) is 16.9. The summed E-state index contributed by atoms with van der Waals surface area (Å²) in [6.45, 7) is 1.66. The maximum absolute atomic E-state index is 12.9. The first-order valence-corrected chi connectivity index (χ1v) is 9.72. The Hall–Kier alpha value is -2.74. The van der Waals surface area contributed by atoms with Crippen LogP contribution >= 0.6 is 34.5 Å². The Balaban J connectivity index is 1.63. The minimum absolute atomic E-state index is 0.294. The lowest BCUT2D eigenvalue weighted by atomic mass is 10.1. The minimum Gasteiger partial charge on any atom is -0.360 e. The molecule has 0 spiro atoms. The minimum atomic E-state index is -0.407. The van der Waals surface area contributed by atoms with Gasteiger partial charge in [0, 0.05) is 11.1 Å². The molecule has 0 aliphatic rings. The smallest absolute Gasteiger partial charge is 0.263 e. The second-order valence-corrected chi connectivity index (χ2v) is 7.58. The Morgan fingerprint density at radius 1 is 1.00 bits per heavy atom. The number of carbonyl (C=O) groups excluding carboxylic acids is 1. The molecule has 0 saturated carbocycles. The van der Waals surface area contributed by atoms with E-state index in [1.807, 2.05) is 24.3 Å². The topological polar surface area (TPSA) is 80.9 Å². The summed E-state index contributed by atoms with van der Waals surface area (Å²) >= 11 is 13.7. The fourth-order valence-corrected chi connectivity index (χ4v) is 3.94. The van der Waals surface area contributed by atoms with Crippen LogP contribution in [0, 0.1) is 6.92 Å². The van der Waals surface area contributed by atoms with E-state index in [0.717, 1.165) is 5.56 Å². The molecule has 2 heterocycles. The molecule has 0 bridgehead atoms. The van der Waals surface area contributed by atoms with Gasteiger partial charge < -0.3 is 4.52 Å². The molecule has 1 N–H and O–H groups in total. The summed E-state index contributed by atoms with van der Waals surface area (Å²) in [5.41, 5.74) is 2.03. The van der Waals surface area contributed by atoms with E-state index >= 15 is 0 Å². The van der Waals surface area contributed by atoms with Crippen molar-refractivity contribution < 1.29 is 9.32 Å². The number of halogens is 2. The van der Waals surface area contributed by atoms with Crippen LogP contribution in [-0.2, 0) is 0 Å². The van der Waals surface area contributed by atoms with Gasteiger partial charge in [-0.25, -0.2) is 0 Å². The molecule has 0 radical (unpaired) electrons. The molecule has 4 rings (SSSR count). The highest BCUT2D eigenvalue weighted by Gasteiger charge is 2.24. The molecule has 1 amide bonds. The van der Waals surface area contributed by atoms with Crippen molar-refractivity contribution in [1.29, 1.82) is 0 Å². The van der Waals surface area contributed by atoms with Crippen LogP contribution in [0.25, 0.3) is 21.8 Å². The second kappa shape index (κ2) is 7.71. The number of aryl methyl sites for hydroxylation is 1. The van der Waals surface area contributed by atoms with Crippen molar-refractivity contribution in [1.82, 2.24) is 15.4 Å². The van der Waals surface area contributed by atoms with Gasteiger partial charge in [0.05, 0.1) is 10.0 Å². The molecule has 0 saturated heterocycles. The molecule has 0 unspecified atom stereocenters. The fraction of sp³-hybridized carbons (Fsp3) is 0.0526. The van der Waals surface area contributed by atoms with Crippen LogP contribution in [0.5, 0.6) is 0 Å². The highest BCUT2D eigenvalue weighted by molar-refractivity contribution is 7.18. The largest absolute Gasteiger partial charge is 0.360 e. The van der Waals surface area contributed by atoms with Crippen LogP contribution in [0.1, 0.15) is 16.1 Å². The number of carbonyl (C=O) groups is 1. The average molecular weight is 431 g/mol. The summed E-state index contributed by atoms with van der Waals surface area (Å²) in [6.07, 6.45) is 0. The molecule has 28 heavy (non-hydrogen) atoms. The standard InChI is InChI=1S/C19H12Cl2N4O2S/c1-10-15(16(25-27-10)11-6-2-4-8-13(11)20)17(26)22-19-24-23-18(28-19)12-7-3-5-9-14(12)21/h2-9H,1H3,(H,22,24,26). The van der Waals surface area contributed by atoms with Crippen LogP contribution in [-0.4, -0.2) is 21.3 Å². The first-order valence-electron chi connectivity index (χ1n) is 8.15. The maximum atomic E-state index is 12.9. The van der Waals surface area contributed by atoms with Gasteiger partial charge in [0.2, 0.25) is 5.13 Å². The van der Waals surface area contributed by atoms with Crippen LogP contribution in [0.4, 0.5) is 5.13 Å². The number of benzene rings is 2. The van der Waals surface area contributed by atoms with Gasteiger partial charge in [-0.3, -0.25) is 10.1 Å². The number of rotatable bonds is 4. The van der Waals surface area contributed by atoms with Gasteiger partial charge in [-0.05, 0) is 19.1 Å². The second-order valence-electron chi connectivity index (χ2n) is 5.79. The van der Waals surface area contributed by atoms with Crippen LogP contribution in [0.15, 0.2) is 53.1 Å². The lowest BCUT2D eigenvalue weighted by molar-refractivity contribution is 0.102. The number of nitrogens with zero attached hydrogens (tertiary/aromatic N) is 3. The number of nitrogens with one attached hydrogen (secondary N) is 1. The van der Waals surface area contributed by atoms with Crippen molar-refractivity contribution in [3.8, 4) is 21.8 Å². The normalized spacial score (nSPS) is 10.8. The summed E-state index contributed by atoms with van der Waals surface area (Å²) in [7, 11) is 0. The number of hydrogen-bond donors (Lipinski definition) is 1. The maximum Gasteiger partial charge on any atom is 0.263 e. The van der Waals surface area contributed by atoms with Crippen LogP contribution in [0.3, 0.4) is 0 Å². The van der Waals surface area contributed by atoms with Crippen molar-refractivity contribution in [2.75, 3.05) is 5.32 Å². The van der Waals surface area contributed by atoms with Crippen LogP contribution in [0.2, 0.25) is 10.0 Å². The van der Waals surface area contributed by atoms with Gasteiger partial charge in [-0.15, -0.1) is 10.2 Å². The summed E-state index contributed by atoms with van der Waals surface area (Å²) in [4.78, 5) is 12.9. The molecule has 0 atom stereocenters. The van der Waals surface area contributed by atoms with Gasteiger partial charge >= 0.3 is 0 Å². The molecule has 2 aromatic carbocycles. The average Bonchev–Trinajstić information content (AvgIpc) is 3.29. The zero-order chi connectivity index (χ0) is 19.7. The fourth-order valence-electron chi connectivity index (χ4n) is 2.65. The Bertz CT molecular complexity index is 1170. The highest BCUT2D eigenvalue weighted by atomic mass is 35.5. The van der Waals surface area contributed by atoms with E-state index < -0.39 is 5.91 Å². The quantitative estimate of drug-likeness (QED) is 0.447. The first kappa shape index (κ1) is 18.6. The lowest BCUT2D eigenvalue weighted by Crippen LogP contribution is -2.13. The third-order valence-electron chi connectivity index (χ3n) is 3.97. The van der Waals surface area contributed by atoms with Crippen molar-refractivity contribution in [2.45, 2.75) is 6.92 Å². The first-order chi connectivity index (χ1) is 13.5. The molecule has 2 aromatic heterocycles. The number of amides is 1. The predicted octanol–water partition coefficient (Wildman–Crippen LogP) is 5.73. The molecular weight excluding hydrogens is 419 g/mol. The Morgan fingerprint density at radius 3 is 2.32 bits per heavy atom. The third-order valence-corrected chi connectivity index (χ3v) is 5.50. The molecule has 9 heteroatoms. The van der Waals surface area contributed by atoms with E-state index in [-0.39, 0.29) is 0 Å². The van der Waals surface area contributed by atoms with Crippen LogP contribution < -0.4 is 5.32 Å². The van der Waals surface area contributed by atoms with Crippen molar-refractivity contribution in [3.63, 3.8) is 0 Å². The molecular formula is C19H12Cl2N4O2S. The molecule has 0 aliphatic carbocycles. The predicted molar refractivity (Wildman–Crippen MR) is 110 cm³/mol. The molecule has 0 aliphatic heterocycles. The lowest BCUT2D eigenvalue weighted by Gasteiger charge is -2.04. The molecule has 0 fully saturated rings. The van der Waals surface area contributed by atoms with E-state index in [9.17, 15) is 4.79 Å². The SMILES string of the molecule is Cc1onc(-c2ccccc2Cl)c1C(=O)Nc1nnc(-c2ccccc2Cl)s1. The van der Waals surface area contributed by atoms with Gasteiger partial charge in [0.1, 0.15) is 17.0 Å². The molecule has 140 valence electrons. The summed E-state index contributed by atoms with van der Waals surface area (Å²) < 4.78 is 5.23. The zero-order valence-electron chi connectivity index (χ0n) is 14.4. The van der Waals surface area contributed by atoms with Gasteiger partial charge in [-0.1, -0.05) is 76.1 Å². The van der Waals surface area contributed by atoms with Crippen molar-refractivity contribution in [2.24, 2.45) is 0 Å². The third kappa shape index (κ3) is 3.52. The van der Waals surface area contributed by atoms with Gasteiger partial charge in [-0.2, -0.15) is 0 Å². The molecule has 4 aromatic rings. The Morgan fingerprint density at radius 2 is 1.64 bits per heavy atom. The molecule has 6 nitrogen and oxygen atoms in total. The number of anilines is 1. The van der Waals surface area contributed by atoms with E-state index in [1.54, 1.807) is 31.2 Å². The Kier molecular flexibility index (Phi) is 5.13. The number of hydrogen-bond acceptors (Lipinski definition) is 6. The zero-order valence-corrected chi connectivity index (χ0v) is 16.8. The summed E-state index contributed by atoms with van der Waals surface area (Å²) in [5.74, 6) is -0.0289. The van der Waals surface area contributed by atoms with E-state index in [1.165, 1.54) is 11.3 Å². The van der Waals surface area contributed by atoms with E-state index in [0.29, 0.717) is 42.8 Å². The number of aromatic nitrogens is 3. The Labute approximate surface area is 174 Å². The van der Waals surface area contributed by atoms with E-state index in [4.69, 9.17) is 27.7 Å². The van der Waals surface area contributed by atoms with E-state index in [2.05, 4.69) is 20.7 Å². The monoisotopic (exact) mass is 430 g/mol. The highest BCUT2D eigenvalue weighted by Crippen LogP contribution is 2.34. The van der Waals surface area contributed by atoms with Gasteiger partial charge in [0.25, 0.3) is 5.91 Å². The van der Waals surface area contributed by atoms with Gasteiger partial charge in [0.15, 0.2) is 5.01 Å². The van der Waals surface area contributed by atoms with Crippen molar-refractivity contribution >= 4 is 45.6 Å². The summed E-state index contributed by atoms with van der Waals surface area (Å²) in [6, 6.07) is 14.4.